The minimum atomic E-state index is -0.923. The van der Waals surface area contributed by atoms with E-state index in [4.69, 9.17) is 16.7 Å². The lowest BCUT2D eigenvalue weighted by Crippen LogP contribution is -2.17. The first kappa shape index (κ1) is 12.4. The van der Waals surface area contributed by atoms with E-state index in [1.165, 1.54) is 10.9 Å². The maximum Gasteiger partial charge on any atom is 0.303 e. The monoisotopic (exact) mass is 266 g/mol. The number of hydrogen-bond donors (Lipinski definition) is 2. The molecule has 5 nitrogen and oxygen atoms in total. The van der Waals surface area contributed by atoms with Gasteiger partial charge in [0.15, 0.2) is 0 Å². The smallest absolute Gasteiger partial charge is 0.303 e. The number of aliphatic carboxylic acids is 1. The van der Waals surface area contributed by atoms with Gasteiger partial charge in [0.1, 0.15) is 0 Å². The zero-order valence-corrected chi connectivity index (χ0v) is 10.1. The number of aromatic nitrogens is 2. The standard InChI is InChI=1S/C12H11ClN2O3/c13-9-2-4-10(5-3-9)15-12(18)8(7-14-15)1-6-11(16)17/h2-5,7,14H,1,6H2,(H,16,17). The third kappa shape index (κ3) is 2.62. The molecular weight excluding hydrogens is 256 g/mol. The number of aryl methyl sites for hydroxylation is 1. The first-order chi connectivity index (χ1) is 8.58. The lowest BCUT2D eigenvalue weighted by molar-refractivity contribution is -0.136. The Kier molecular flexibility index (Phi) is 3.53. The molecule has 0 fully saturated rings. The Hall–Kier alpha value is -2.01. The van der Waals surface area contributed by atoms with Crippen LogP contribution in [-0.4, -0.2) is 20.9 Å². The summed E-state index contributed by atoms with van der Waals surface area (Å²) < 4.78 is 1.35. The van der Waals surface area contributed by atoms with Crippen LogP contribution in [0.2, 0.25) is 5.02 Å². The van der Waals surface area contributed by atoms with E-state index in [9.17, 15) is 9.59 Å². The molecule has 0 radical (unpaired) electrons. The number of carboxylic acid groups (broad SMARTS) is 1. The van der Waals surface area contributed by atoms with Crippen LogP contribution in [-0.2, 0) is 11.2 Å². The van der Waals surface area contributed by atoms with E-state index in [0.29, 0.717) is 16.3 Å². The quantitative estimate of drug-likeness (QED) is 0.887. The summed E-state index contributed by atoms with van der Waals surface area (Å²) in [5.74, 6) is -0.923. The second-order valence-electron chi connectivity index (χ2n) is 3.81. The fourth-order valence-electron chi connectivity index (χ4n) is 1.61. The van der Waals surface area contributed by atoms with Crippen LogP contribution in [0.4, 0.5) is 0 Å². The summed E-state index contributed by atoms with van der Waals surface area (Å²) in [6.07, 6.45) is 1.68. The molecule has 2 aromatic rings. The Balaban J connectivity index is 2.28. The molecule has 2 rings (SSSR count). The van der Waals surface area contributed by atoms with Gasteiger partial charge in [0.05, 0.1) is 5.69 Å². The third-order valence-corrected chi connectivity index (χ3v) is 2.79. The summed E-state index contributed by atoms with van der Waals surface area (Å²) in [4.78, 5) is 22.4. The third-order valence-electron chi connectivity index (χ3n) is 2.54. The molecular formula is C12H11ClN2O3. The minimum absolute atomic E-state index is 0.0618. The van der Waals surface area contributed by atoms with Crippen LogP contribution in [0.15, 0.2) is 35.3 Å². The number of benzene rings is 1. The number of rotatable bonds is 4. The number of carbonyl (C=O) groups is 1. The van der Waals surface area contributed by atoms with E-state index in [-0.39, 0.29) is 18.4 Å². The maximum atomic E-state index is 12.0. The number of halogens is 1. The predicted molar refractivity (Wildman–Crippen MR) is 67.4 cm³/mol. The summed E-state index contributed by atoms with van der Waals surface area (Å²) >= 11 is 5.77. The van der Waals surface area contributed by atoms with Crippen LogP contribution >= 0.6 is 11.6 Å². The van der Waals surface area contributed by atoms with E-state index in [0.717, 1.165) is 0 Å². The van der Waals surface area contributed by atoms with E-state index in [1.807, 2.05) is 0 Å². The zero-order valence-electron chi connectivity index (χ0n) is 9.39. The summed E-state index contributed by atoms with van der Waals surface area (Å²) in [6.45, 7) is 0. The van der Waals surface area contributed by atoms with Gasteiger partial charge in [0.2, 0.25) is 0 Å². The van der Waals surface area contributed by atoms with Crippen molar-refractivity contribution in [2.45, 2.75) is 12.8 Å². The molecule has 0 aliphatic carbocycles. The molecule has 1 heterocycles. The second-order valence-corrected chi connectivity index (χ2v) is 4.25. The van der Waals surface area contributed by atoms with Crippen LogP contribution in [0.25, 0.3) is 5.69 Å². The number of carboxylic acids is 1. The van der Waals surface area contributed by atoms with Gasteiger partial charge in [-0.1, -0.05) is 11.6 Å². The molecule has 94 valence electrons. The number of nitrogens with zero attached hydrogens (tertiary/aromatic N) is 1. The molecule has 0 amide bonds. The summed E-state index contributed by atoms with van der Waals surface area (Å²) in [7, 11) is 0. The predicted octanol–water partition coefficient (Wildman–Crippen LogP) is 1.84. The fraction of sp³-hybridized carbons (Fsp3) is 0.167. The normalized spacial score (nSPS) is 10.5. The van der Waals surface area contributed by atoms with Gasteiger partial charge in [-0.3, -0.25) is 14.7 Å². The number of hydrogen-bond acceptors (Lipinski definition) is 2. The zero-order chi connectivity index (χ0) is 13.1. The number of H-pyrrole nitrogens is 1. The SMILES string of the molecule is O=C(O)CCc1c[nH]n(-c2ccc(Cl)cc2)c1=O. The molecule has 0 saturated carbocycles. The van der Waals surface area contributed by atoms with Crippen molar-refractivity contribution in [2.75, 3.05) is 0 Å². The van der Waals surface area contributed by atoms with Gasteiger partial charge >= 0.3 is 5.97 Å². The van der Waals surface area contributed by atoms with Gasteiger partial charge in [-0.15, -0.1) is 0 Å². The Labute approximate surface area is 108 Å². The summed E-state index contributed by atoms with van der Waals surface area (Å²) in [5, 5.41) is 12.0. The molecule has 0 bridgehead atoms. The van der Waals surface area contributed by atoms with Crippen LogP contribution in [0.3, 0.4) is 0 Å². The Morgan fingerprint density at radius 1 is 1.33 bits per heavy atom. The van der Waals surface area contributed by atoms with Crippen LogP contribution in [0.1, 0.15) is 12.0 Å². The molecule has 1 aromatic heterocycles. The summed E-state index contributed by atoms with van der Waals surface area (Å²) in [6, 6.07) is 6.78. The molecule has 0 aliphatic heterocycles. The van der Waals surface area contributed by atoms with Crippen molar-refractivity contribution in [3.05, 3.63) is 51.4 Å². The second kappa shape index (κ2) is 5.10. The number of aromatic amines is 1. The Bertz CT molecular complexity index is 613. The van der Waals surface area contributed by atoms with Crippen molar-refractivity contribution in [1.29, 1.82) is 0 Å². The molecule has 0 saturated heterocycles. The van der Waals surface area contributed by atoms with Gasteiger partial charge in [0, 0.05) is 23.2 Å². The van der Waals surface area contributed by atoms with Crippen molar-refractivity contribution in [1.82, 2.24) is 9.78 Å². The van der Waals surface area contributed by atoms with E-state index < -0.39 is 5.97 Å². The van der Waals surface area contributed by atoms with Crippen molar-refractivity contribution in [2.24, 2.45) is 0 Å². The van der Waals surface area contributed by atoms with E-state index in [1.54, 1.807) is 24.3 Å². The van der Waals surface area contributed by atoms with Crippen molar-refractivity contribution >= 4 is 17.6 Å². The Morgan fingerprint density at radius 2 is 2.00 bits per heavy atom. The fourth-order valence-corrected chi connectivity index (χ4v) is 1.74. The highest BCUT2D eigenvalue weighted by molar-refractivity contribution is 6.30. The van der Waals surface area contributed by atoms with Gasteiger partial charge < -0.3 is 5.11 Å². The van der Waals surface area contributed by atoms with Crippen LogP contribution in [0, 0.1) is 0 Å². The van der Waals surface area contributed by atoms with Crippen molar-refractivity contribution in [3.8, 4) is 5.69 Å². The van der Waals surface area contributed by atoms with Gasteiger partial charge in [-0.25, -0.2) is 4.68 Å². The topological polar surface area (TPSA) is 75.1 Å². The highest BCUT2D eigenvalue weighted by atomic mass is 35.5. The summed E-state index contributed by atoms with van der Waals surface area (Å²) in [5.41, 5.74) is 0.872. The van der Waals surface area contributed by atoms with Crippen molar-refractivity contribution < 1.29 is 9.90 Å². The Morgan fingerprint density at radius 3 is 2.61 bits per heavy atom. The lowest BCUT2D eigenvalue weighted by Gasteiger charge is -2.00. The average Bonchev–Trinajstić information content (AvgIpc) is 2.69. The van der Waals surface area contributed by atoms with Crippen molar-refractivity contribution in [3.63, 3.8) is 0 Å². The molecule has 18 heavy (non-hydrogen) atoms. The molecule has 0 atom stereocenters. The largest absolute Gasteiger partial charge is 0.481 e. The van der Waals surface area contributed by atoms with Gasteiger partial charge in [0.25, 0.3) is 5.56 Å². The first-order valence-electron chi connectivity index (χ1n) is 5.35. The highest BCUT2D eigenvalue weighted by Crippen LogP contribution is 2.11. The molecule has 6 heteroatoms. The minimum Gasteiger partial charge on any atom is -0.481 e. The molecule has 0 unspecified atom stereocenters. The molecule has 0 spiro atoms. The highest BCUT2D eigenvalue weighted by Gasteiger charge is 2.09. The molecule has 2 N–H and O–H groups in total. The van der Waals surface area contributed by atoms with Gasteiger partial charge in [-0.05, 0) is 30.7 Å². The van der Waals surface area contributed by atoms with E-state index >= 15 is 0 Å². The molecule has 1 aromatic carbocycles. The first-order valence-corrected chi connectivity index (χ1v) is 5.73. The maximum absolute atomic E-state index is 12.0. The van der Waals surface area contributed by atoms with Crippen LogP contribution < -0.4 is 5.56 Å². The lowest BCUT2D eigenvalue weighted by atomic mass is 10.2. The molecule has 0 aliphatic rings. The van der Waals surface area contributed by atoms with E-state index in [2.05, 4.69) is 5.10 Å². The van der Waals surface area contributed by atoms with Gasteiger partial charge in [-0.2, -0.15) is 0 Å². The number of nitrogens with one attached hydrogen (secondary N) is 1. The average molecular weight is 267 g/mol. The van der Waals surface area contributed by atoms with Crippen LogP contribution in [0.5, 0.6) is 0 Å².